The number of aliphatic hydroxyl groups is 1. The fraction of sp³-hybridized carbons (Fsp3) is 0.294. The predicted molar refractivity (Wildman–Crippen MR) is 448 cm³/mol. The van der Waals surface area contributed by atoms with Gasteiger partial charge in [0, 0.05) is 101 Å². The van der Waals surface area contributed by atoms with Crippen LogP contribution >= 0.6 is 47.2 Å². The smallest absolute Gasteiger partial charge is 0.400 e. The molecule has 1 amide bonds. The summed E-state index contributed by atoms with van der Waals surface area (Å²) in [6.45, 7) is 15.9. The SMILES string of the molecule is C.CCN(CC)CC.CO.Cl.ClCCl.Nc1cc(C(F)(F)F)ccc1N1CCc2ccccc2C1.O=C(Cl)c1ccncc1.O=C(Nc1cc(C(F)(F)F)ccc1N1CCc2ccccc2C1)c1ccncc1.O=[N+]([O-])c1cc(C(F)(F)F)ccc1F.O=[N+]([O-])c1cc(C(F)(F)F)ccc1N1CCc2ccccc2C1.c1ccc2c(c1)CCNC2. The number of alkyl halides is 14. The monoisotopic (exact) mass is 1760 g/mol. The molecule has 4 aliphatic rings. The number of hydrogen-bond acceptors (Lipinski definition) is 15. The first-order chi connectivity index (χ1) is 56.1. The van der Waals surface area contributed by atoms with Gasteiger partial charge in [-0.05, 0) is 193 Å². The molecule has 120 heavy (non-hydrogen) atoms. The van der Waals surface area contributed by atoms with Crippen LogP contribution in [-0.2, 0) is 76.6 Å². The van der Waals surface area contributed by atoms with Crippen molar-refractivity contribution in [1.82, 2.24) is 20.2 Å². The second-order valence-electron chi connectivity index (χ2n) is 25.8. The number of anilines is 5. The summed E-state index contributed by atoms with van der Waals surface area (Å²) in [6, 6.07) is 49.4. The lowest BCUT2D eigenvalue weighted by molar-refractivity contribution is -0.387. The summed E-state index contributed by atoms with van der Waals surface area (Å²) in [6.07, 6.45) is -8.64. The van der Waals surface area contributed by atoms with Gasteiger partial charge in [0.15, 0.2) is 0 Å². The zero-order valence-electron chi connectivity index (χ0n) is 64.6. The lowest BCUT2D eigenvalue weighted by Crippen LogP contribution is -2.31. The van der Waals surface area contributed by atoms with Crippen molar-refractivity contribution in [3.8, 4) is 0 Å². The third kappa shape index (κ3) is 31.2. The molecule has 35 heteroatoms. The lowest BCUT2D eigenvalue weighted by Gasteiger charge is -2.32. The number of halogens is 17. The summed E-state index contributed by atoms with van der Waals surface area (Å²) in [7, 11) is 1.00. The maximum absolute atomic E-state index is 13.3. The number of pyridine rings is 2. The van der Waals surface area contributed by atoms with Crippen molar-refractivity contribution >= 4 is 98.2 Å². The molecular formula is C85H90Cl4F13N11O7. The molecule has 14 rings (SSSR count). The van der Waals surface area contributed by atoms with Gasteiger partial charge in [-0.2, -0.15) is 57.1 Å². The number of rotatable bonds is 11. The van der Waals surface area contributed by atoms with Gasteiger partial charge in [0.25, 0.3) is 16.8 Å². The van der Waals surface area contributed by atoms with Crippen molar-refractivity contribution in [2.45, 2.75) is 105 Å². The van der Waals surface area contributed by atoms with Gasteiger partial charge >= 0.3 is 30.4 Å². The zero-order chi connectivity index (χ0) is 86.9. The first-order valence-corrected chi connectivity index (χ1v) is 37.9. The molecule has 5 N–H and O–H groups in total. The second kappa shape index (κ2) is 49.2. The van der Waals surface area contributed by atoms with Gasteiger partial charge in [-0.1, -0.05) is 125 Å². The number of nitrogen functional groups attached to an aromatic ring is 1. The van der Waals surface area contributed by atoms with Crippen molar-refractivity contribution < 1.29 is 81.6 Å². The molecule has 8 aromatic carbocycles. The minimum absolute atomic E-state index is 0. The number of carbonyl (C=O) groups excluding carboxylic acids is 2. The quantitative estimate of drug-likeness (QED) is 0.0236. The molecule has 646 valence electrons. The van der Waals surface area contributed by atoms with E-state index in [-0.39, 0.29) is 48.3 Å². The van der Waals surface area contributed by atoms with Crippen LogP contribution in [0, 0.1) is 26.0 Å². The number of nitrogens with two attached hydrogens (primary N) is 1. The predicted octanol–water partition coefficient (Wildman–Crippen LogP) is 21.9. The number of nitro benzene ring substituents is 2. The molecule has 0 unspecified atom stereocenters. The highest BCUT2D eigenvalue weighted by Crippen LogP contribution is 2.41. The molecule has 0 spiro atoms. The van der Waals surface area contributed by atoms with E-state index in [4.69, 9.17) is 45.6 Å². The van der Waals surface area contributed by atoms with E-state index in [0.717, 1.165) is 81.0 Å². The van der Waals surface area contributed by atoms with Gasteiger partial charge in [0.1, 0.15) is 5.69 Å². The summed E-state index contributed by atoms with van der Waals surface area (Å²) in [4.78, 5) is 58.0. The van der Waals surface area contributed by atoms with Crippen LogP contribution in [0.15, 0.2) is 219 Å². The fourth-order valence-corrected chi connectivity index (χ4v) is 12.6. The molecule has 0 saturated heterocycles. The molecular weight excluding hydrogens is 1680 g/mol. The van der Waals surface area contributed by atoms with Gasteiger partial charge < -0.3 is 41.1 Å². The highest BCUT2D eigenvalue weighted by Gasteiger charge is 2.37. The number of amides is 1. The van der Waals surface area contributed by atoms with Crippen LogP contribution in [0.3, 0.4) is 0 Å². The Balaban J connectivity index is 0.000000303. The van der Waals surface area contributed by atoms with Crippen molar-refractivity contribution in [2.24, 2.45) is 0 Å². The Morgan fingerprint density at radius 3 is 1.19 bits per heavy atom. The van der Waals surface area contributed by atoms with Gasteiger partial charge in [0.05, 0.1) is 60.2 Å². The average Bonchev–Trinajstić information content (AvgIpc) is 0.794. The summed E-state index contributed by atoms with van der Waals surface area (Å²) >= 11 is 14.7. The number of fused-ring (bicyclic) bond motifs is 4. The van der Waals surface area contributed by atoms with Crippen LogP contribution in [0.1, 0.15) is 116 Å². The van der Waals surface area contributed by atoms with E-state index >= 15 is 0 Å². The number of benzene rings is 8. The molecule has 0 saturated carbocycles. The number of nitrogens with zero attached hydrogens (tertiary/aromatic N) is 8. The molecule has 0 bridgehead atoms. The van der Waals surface area contributed by atoms with Gasteiger partial charge in [0.2, 0.25) is 5.82 Å². The number of nitrogens with one attached hydrogen (secondary N) is 2. The summed E-state index contributed by atoms with van der Waals surface area (Å²) in [5.74, 6) is -1.77. The number of carbonyl (C=O) groups is 2. The third-order valence-electron chi connectivity index (χ3n) is 18.5. The van der Waals surface area contributed by atoms with E-state index in [1.54, 1.807) is 17.0 Å². The molecule has 0 atom stereocenters. The summed E-state index contributed by atoms with van der Waals surface area (Å²) in [5, 5.41) is 34.0. The van der Waals surface area contributed by atoms with Crippen molar-refractivity contribution in [3.63, 3.8) is 0 Å². The Morgan fingerprint density at radius 2 is 0.825 bits per heavy atom. The van der Waals surface area contributed by atoms with E-state index in [0.29, 0.717) is 79.8 Å². The minimum atomic E-state index is -4.71. The standard InChI is InChI=1S/C22H18F3N3O.C16H13F3N2O2.C16H15F3N2.C9H11N.C7H3F4NO2.C6H4ClNO.C6H15N.CH2Cl2.CH4O.CH4.ClH/c23-22(24,25)18-5-6-20(28-12-9-15-3-1-2-4-17(15)14-28)19(13-18)27-21(29)16-7-10-26-11-8-16;17-16(18,19)13-5-6-14(15(9-13)21(22)23)20-8-7-11-3-1-2-4-12(11)10-20;17-16(18,19)13-5-6-15(14(20)9-13)21-8-7-11-3-1-2-4-12(11)10-21;1-2-4-9-7-10-6-5-8(9)3-1;8-5-2-1-4(7(9,10)11)3-6(5)12(13)14;7-6(9)5-1-3-8-4-2-5;1-4-7(5-2)6-3;2-1-3;1-2;;/h1-8,10-11,13H,9,12,14H2,(H,27,29);1-6,9H,7-8,10H2;1-6,9H,7-8,10,20H2;1-4,10H,5-7H2;1-3H;1-4H;4-6H2,1-3H3;1H2;2H,1H3;1H4;1H. The Morgan fingerprint density at radius 1 is 0.492 bits per heavy atom. The molecule has 4 aliphatic heterocycles. The Kier molecular flexibility index (Phi) is 41.7. The first-order valence-electron chi connectivity index (χ1n) is 36.5. The number of aliphatic hydroxyl groups excluding tert-OH is 1. The second-order valence-corrected chi connectivity index (χ2v) is 27.0. The third-order valence-corrected chi connectivity index (χ3v) is 18.7. The molecule has 6 heterocycles. The highest BCUT2D eigenvalue weighted by atomic mass is 35.5. The highest BCUT2D eigenvalue weighted by molar-refractivity contribution is 6.67. The Labute approximate surface area is 707 Å². The average molecular weight is 1770 g/mol. The molecule has 0 radical (unpaired) electrons. The van der Waals surface area contributed by atoms with E-state index in [9.17, 15) is 86.9 Å². The maximum atomic E-state index is 13.3. The normalized spacial score (nSPS) is 12.9. The maximum Gasteiger partial charge on any atom is 0.416 e. The first kappa shape index (κ1) is 102. The van der Waals surface area contributed by atoms with Gasteiger partial charge in [-0.25, -0.2) is 0 Å². The molecule has 2 aromatic heterocycles. The number of nitro groups is 2. The molecule has 18 nitrogen and oxygen atoms in total. The van der Waals surface area contributed by atoms with Crippen molar-refractivity contribution in [3.05, 3.63) is 323 Å². The number of hydrogen-bond donors (Lipinski definition) is 4. The number of aromatic nitrogens is 2. The summed E-state index contributed by atoms with van der Waals surface area (Å²) in [5.41, 5.74) is 13.0. The summed E-state index contributed by atoms with van der Waals surface area (Å²) < 4.78 is 165. The van der Waals surface area contributed by atoms with Crippen LogP contribution in [0.2, 0.25) is 0 Å². The molecule has 0 aliphatic carbocycles. The molecule has 10 aromatic rings. The lowest BCUT2D eigenvalue weighted by atomic mass is 9.99. The van der Waals surface area contributed by atoms with E-state index < -0.39 is 85.1 Å². The zero-order valence-corrected chi connectivity index (χ0v) is 67.7. The fourth-order valence-electron chi connectivity index (χ4n) is 12.4. The van der Waals surface area contributed by atoms with Gasteiger partial charge in [-0.3, -0.25) is 39.8 Å². The van der Waals surface area contributed by atoms with Crippen LogP contribution < -0.4 is 31.1 Å². The van der Waals surface area contributed by atoms with Crippen LogP contribution in [-0.4, -0.2) is 99.2 Å². The van der Waals surface area contributed by atoms with E-state index in [2.05, 4.69) is 82.7 Å². The molecule has 0 fully saturated rings. The van der Waals surface area contributed by atoms with E-state index in [1.165, 1.54) is 115 Å². The Bertz CT molecular complexity index is 4850. The Hall–Kier alpha value is -10.7. The van der Waals surface area contributed by atoms with Crippen molar-refractivity contribution in [1.29, 1.82) is 0 Å². The van der Waals surface area contributed by atoms with Crippen LogP contribution in [0.5, 0.6) is 0 Å². The van der Waals surface area contributed by atoms with Crippen LogP contribution in [0.25, 0.3) is 0 Å². The minimum Gasteiger partial charge on any atom is -0.400 e. The van der Waals surface area contributed by atoms with Crippen LogP contribution in [0.4, 0.5) is 96.9 Å². The van der Waals surface area contributed by atoms with E-state index in [1.807, 2.05) is 70.5 Å². The van der Waals surface area contributed by atoms with Gasteiger partial charge in [-0.15, -0.1) is 35.6 Å². The van der Waals surface area contributed by atoms with Crippen molar-refractivity contribution in [2.75, 3.05) is 84.0 Å². The topological polar surface area (TPSA) is 229 Å². The largest absolute Gasteiger partial charge is 0.416 e.